The average Bonchev–Trinajstić information content (AvgIpc) is 2.01. The summed E-state index contributed by atoms with van der Waals surface area (Å²) < 4.78 is 0. The summed E-state index contributed by atoms with van der Waals surface area (Å²) in [5.74, 6) is 0.253. The average molecular weight is 198 g/mol. The molecule has 0 aliphatic carbocycles. The van der Waals surface area contributed by atoms with Crippen molar-refractivity contribution in [1.82, 2.24) is 15.0 Å². The fourth-order valence-corrected chi connectivity index (χ4v) is 0.969. The second-order valence-corrected chi connectivity index (χ2v) is 2.82. The number of nitrogens with two attached hydrogens (primary N) is 2. The van der Waals surface area contributed by atoms with E-state index in [9.17, 15) is 5.11 Å². The van der Waals surface area contributed by atoms with Crippen molar-refractivity contribution in [2.24, 2.45) is 0 Å². The summed E-state index contributed by atoms with van der Waals surface area (Å²) >= 11 is 0. The minimum Gasteiger partial charge on any atom is -0.374 e. The van der Waals surface area contributed by atoms with E-state index in [1.807, 2.05) is 6.92 Å². The molecular formula is C7H14N6O. The molecule has 0 bridgehead atoms. The Hall–Kier alpha value is -1.63. The molecule has 7 heteroatoms. The molecule has 7 nitrogen and oxygen atoms in total. The van der Waals surface area contributed by atoms with Gasteiger partial charge in [-0.15, -0.1) is 0 Å². The molecule has 0 amide bonds. The van der Waals surface area contributed by atoms with Crippen LogP contribution in [-0.2, 0) is 0 Å². The summed E-state index contributed by atoms with van der Waals surface area (Å²) in [6, 6.07) is 0. The van der Waals surface area contributed by atoms with E-state index in [1.165, 1.54) is 0 Å². The molecule has 0 saturated carbocycles. The summed E-state index contributed by atoms with van der Waals surface area (Å²) in [5.41, 5.74) is 10.7. The van der Waals surface area contributed by atoms with Crippen molar-refractivity contribution in [2.45, 2.75) is 26.0 Å². The Morgan fingerprint density at radius 1 is 1.29 bits per heavy atom. The molecule has 0 aliphatic heterocycles. The molecule has 0 spiro atoms. The molecule has 1 aromatic heterocycles. The number of anilines is 3. The van der Waals surface area contributed by atoms with Gasteiger partial charge >= 0.3 is 0 Å². The normalized spacial score (nSPS) is 12.4. The quantitative estimate of drug-likeness (QED) is 0.484. The van der Waals surface area contributed by atoms with Gasteiger partial charge in [0.2, 0.25) is 17.8 Å². The Labute approximate surface area is 81.6 Å². The molecule has 0 fully saturated rings. The second-order valence-electron chi connectivity index (χ2n) is 2.82. The van der Waals surface area contributed by atoms with Crippen LogP contribution in [0.2, 0.25) is 0 Å². The number of nitrogens with zero attached hydrogens (tertiary/aromatic N) is 3. The van der Waals surface area contributed by atoms with Gasteiger partial charge in [0.1, 0.15) is 6.23 Å². The summed E-state index contributed by atoms with van der Waals surface area (Å²) in [6.45, 7) is 1.96. The predicted molar refractivity (Wildman–Crippen MR) is 53.2 cm³/mol. The predicted octanol–water partition coefficient (Wildman–Crippen LogP) is -0.434. The fraction of sp³-hybridized carbons (Fsp3) is 0.571. The highest BCUT2D eigenvalue weighted by Crippen LogP contribution is 2.06. The van der Waals surface area contributed by atoms with Crippen LogP contribution >= 0.6 is 0 Å². The molecule has 1 heterocycles. The molecule has 0 saturated heterocycles. The fourth-order valence-electron chi connectivity index (χ4n) is 0.969. The van der Waals surface area contributed by atoms with E-state index in [2.05, 4.69) is 20.3 Å². The molecule has 0 radical (unpaired) electrons. The Balaban J connectivity index is 2.66. The maximum absolute atomic E-state index is 9.39. The lowest BCUT2D eigenvalue weighted by atomic mass is 10.3. The molecule has 6 N–H and O–H groups in total. The van der Waals surface area contributed by atoms with Crippen molar-refractivity contribution in [3.05, 3.63) is 0 Å². The monoisotopic (exact) mass is 198 g/mol. The van der Waals surface area contributed by atoms with E-state index in [0.717, 1.165) is 6.42 Å². The summed E-state index contributed by atoms with van der Waals surface area (Å²) in [7, 11) is 0. The van der Waals surface area contributed by atoms with Crippen LogP contribution in [0.15, 0.2) is 0 Å². The Bertz CT molecular complexity index is 284. The molecule has 1 atom stereocenters. The van der Waals surface area contributed by atoms with Crippen LogP contribution in [0, 0.1) is 0 Å². The zero-order valence-electron chi connectivity index (χ0n) is 7.94. The van der Waals surface area contributed by atoms with Gasteiger partial charge in [0.05, 0.1) is 0 Å². The van der Waals surface area contributed by atoms with Crippen LogP contribution < -0.4 is 16.8 Å². The van der Waals surface area contributed by atoms with Crippen molar-refractivity contribution in [3.63, 3.8) is 0 Å². The van der Waals surface area contributed by atoms with Crippen molar-refractivity contribution in [3.8, 4) is 0 Å². The lowest BCUT2D eigenvalue weighted by Crippen LogP contribution is -2.20. The first-order valence-corrected chi connectivity index (χ1v) is 4.33. The van der Waals surface area contributed by atoms with E-state index < -0.39 is 6.23 Å². The standard InChI is InChI=1S/C7H14N6O/c1-2-3-4(14)10-7-12-5(8)11-6(9)13-7/h4,14H,2-3H2,1H3,(H5,8,9,10,11,12,13). The third-order valence-corrected chi connectivity index (χ3v) is 1.53. The van der Waals surface area contributed by atoms with E-state index in [0.29, 0.717) is 6.42 Å². The van der Waals surface area contributed by atoms with E-state index in [1.54, 1.807) is 0 Å². The molecule has 0 aliphatic rings. The van der Waals surface area contributed by atoms with Gasteiger partial charge in [0.25, 0.3) is 0 Å². The number of aliphatic hydroxyl groups excluding tert-OH is 1. The number of aliphatic hydroxyl groups is 1. The molecule has 78 valence electrons. The number of hydrogen-bond donors (Lipinski definition) is 4. The third kappa shape index (κ3) is 3.02. The van der Waals surface area contributed by atoms with Crippen LogP contribution in [0.25, 0.3) is 0 Å². The topological polar surface area (TPSA) is 123 Å². The molecule has 1 unspecified atom stereocenters. The summed E-state index contributed by atoms with van der Waals surface area (Å²) in [4.78, 5) is 11.1. The first-order valence-electron chi connectivity index (χ1n) is 4.33. The van der Waals surface area contributed by atoms with Crippen LogP contribution in [0.4, 0.5) is 17.8 Å². The minimum atomic E-state index is -0.693. The van der Waals surface area contributed by atoms with Crippen molar-refractivity contribution < 1.29 is 5.11 Å². The number of nitrogen functional groups attached to an aromatic ring is 2. The van der Waals surface area contributed by atoms with Gasteiger partial charge in [-0.2, -0.15) is 15.0 Å². The number of hydrogen-bond acceptors (Lipinski definition) is 7. The third-order valence-electron chi connectivity index (χ3n) is 1.53. The number of rotatable bonds is 4. The number of nitrogens with one attached hydrogen (secondary N) is 1. The van der Waals surface area contributed by atoms with Crippen molar-refractivity contribution in [1.29, 1.82) is 0 Å². The lowest BCUT2D eigenvalue weighted by molar-refractivity contribution is 0.191. The Kier molecular flexibility index (Phi) is 3.41. The van der Waals surface area contributed by atoms with Gasteiger partial charge in [-0.3, -0.25) is 0 Å². The van der Waals surface area contributed by atoms with Crippen LogP contribution in [0.1, 0.15) is 19.8 Å². The molecule has 14 heavy (non-hydrogen) atoms. The van der Waals surface area contributed by atoms with E-state index in [4.69, 9.17) is 11.5 Å². The van der Waals surface area contributed by atoms with Gasteiger partial charge in [-0.1, -0.05) is 13.3 Å². The SMILES string of the molecule is CCCC(O)Nc1nc(N)nc(N)n1. The smallest absolute Gasteiger partial charge is 0.231 e. The second kappa shape index (κ2) is 4.56. The largest absolute Gasteiger partial charge is 0.374 e. The Morgan fingerprint density at radius 2 is 1.86 bits per heavy atom. The lowest BCUT2D eigenvalue weighted by Gasteiger charge is -2.11. The zero-order valence-corrected chi connectivity index (χ0v) is 7.94. The Morgan fingerprint density at radius 3 is 2.36 bits per heavy atom. The summed E-state index contributed by atoms with van der Waals surface area (Å²) in [6.07, 6.45) is 0.761. The summed E-state index contributed by atoms with van der Waals surface area (Å²) in [5, 5.41) is 12.0. The molecule has 1 aromatic rings. The van der Waals surface area contributed by atoms with Crippen molar-refractivity contribution in [2.75, 3.05) is 16.8 Å². The highest BCUT2D eigenvalue weighted by molar-refractivity contribution is 5.37. The van der Waals surface area contributed by atoms with E-state index >= 15 is 0 Å². The van der Waals surface area contributed by atoms with Crippen LogP contribution in [0.5, 0.6) is 0 Å². The molecular weight excluding hydrogens is 184 g/mol. The van der Waals surface area contributed by atoms with Gasteiger partial charge in [0.15, 0.2) is 0 Å². The highest BCUT2D eigenvalue weighted by Gasteiger charge is 2.06. The number of aromatic nitrogens is 3. The minimum absolute atomic E-state index is 0.0312. The van der Waals surface area contributed by atoms with Crippen LogP contribution in [0.3, 0.4) is 0 Å². The highest BCUT2D eigenvalue weighted by atomic mass is 16.3. The van der Waals surface area contributed by atoms with Gasteiger partial charge in [0, 0.05) is 0 Å². The van der Waals surface area contributed by atoms with Gasteiger partial charge in [-0.05, 0) is 6.42 Å². The van der Waals surface area contributed by atoms with E-state index in [-0.39, 0.29) is 17.8 Å². The molecule has 1 rings (SSSR count). The maximum atomic E-state index is 9.39. The zero-order chi connectivity index (χ0) is 10.6. The first-order chi connectivity index (χ1) is 6.61. The van der Waals surface area contributed by atoms with Gasteiger partial charge < -0.3 is 21.9 Å². The first kappa shape index (κ1) is 10.5. The maximum Gasteiger partial charge on any atom is 0.231 e. The van der Waals surface area contributed by atoms with Crippen LogP contribution in [-0.4, -0.2) is 26.3 Å². The van der Waals surface area contributed by atoms with Crippen molar-refractivity contribution >= 4 is 17.8 Å². The molecule has 0 aromatic carbocycles. The van der Waals surface area contributed by atoms with Gasteiger partial charge in [-0.25, -0.2) is 0 Å².